The Hall–Kier alpha value is -1.53. The van der Waals surface area contributed by atoms with Gasteiger partial charge in [-0.25, -0.2) is 14.1 Å². The van der Waals surface area contributed by atoms with Gasteiger partial charge in [-0.3, -0.25) is 4.79 Å². The van der Waals surface area contributed by atoms with Crippen molar-refractivity contribution in [1.82, 2.24) is 0 Å². The number of nitrogens with two attached hydrogens (primary N) is 1. The Morgan fingerprint density at radius 2 is 1.71 bits per heavy atom. The van der Waals surface area contributed by atoms with Crippen molar-refractivity contribution in [2.24, 2.45) is 5.14 Å². The van der Waals surface area contributed by atoms with Crippen molar-refractivity contribution in [2.75, 3.05) is 0 Å². The largest absolute Gasteiger partial charge is 0.475 e. The maximum Gasteiger partial charge on any atom is 0.377 e. The van der Waals surface area contributed by atoms with Gasteiger partial charge in [0.15, 0.2) is 0 Å². The number of carboxylic acid groups (broad SMARTS) is 1. The van der Waals surface area contributed by atoms with E-state index < -0.39 is 22.7 Å². The first-order valence-corrected chi connectivity index (χ1v) is 4.77. The molecule has 0 fully saturated rings. The molecule has 6 heteroatoms. The number of Topliss-reactive ketones (excluding diaryl/α,β-unsaturated/α-hetero) is 1. The smallest absolute Gasteiger partial charge is 0.377 e. The standard InChI is InChI=1S/C8H7NO4S/c9-14(13)6-3-1-5(2-4-6)7(10)8(11)12/h1-4H,9H2,(H,11,12). The van der Waals surface area contributed by atoms with Crippen LogP contribution in [0.4, 0.5) is 0 Å². The molecule has 0 bridgehead atoms. The summed E-state index contributed by atoms with van der Waals surface area (Å²) in [7, 11) is -1.62. The Bertz CT molecular complexity index is 398. The molecular formula is C8H7NO4S. The summed E-state index contributed by atoms with van der Waals surface area (Å²) in [6.45, 7) is 0. The fraction of sp³-hybridized carbons (Fsp3) is 0. The predicted octanol–water partition coefficient (Wildman–Crippen LogP) is -0.0648. The van der Waals surface area contributed by atoms with Crippen molar-refractivity contribution in [3.8, 4) is 0 Å². The Labute approximate surface area is 82.1 Å². The SMILES string of the molecule is NS(=O)c1ccc(C(=O)C(=O)O)cc1. The summed E-state index contributed by atoms with van der Waals surface area (Å²) in [4.78, 5) is 21.5. The van der Waals surface area contributed by atoms with E-state index in [4.69, 9.17) is 10.2 Å². The molecule has 0 radical (unpaired) electrons. The van der Waals surface area contributed by atoms with Gasteiger partial charge in [0.2, 0.25) is 0 Å². The molecule has 14 heavy (non-hydrogen) atoms. The Balaban J connectivity index is 3.00. The highest BCUT2D eigenvalue weighted by molar-refractivity contribution is 7.82. The van der Waals surface area contributed by atoms with Gasteiger partial charge in [0, 0.05) is 5.56 Å². The number of carbonyl (C=O) groups is 2. The molecule has 0 aliphatic heterocycles. The van der Waals surface area contributed by atoms with E-state index in [0.717, 1.165) is 0 Å². The number of aliphatic carboxylic acids is 1. The highest BCUT2D eigenvalue weighted by atomic mass is 32.2. The normalized spacial score (nSPS) is 12.1. The Morgan fingerprint density at radius 1 is 1.21 bits per heavy atom. The van der Waals surface area contributed by atoms with Crippen molar-refractivity contribution in [1.29, 1.82) is 0 Å². The zero-order valence-corrected chi connectivity index (χ0v) is 7.78. The highest BCUT2D eigenvalue weighted by Gasteiger charge is 2.13. The number of hydrogen-bond donors (Lipinski definition) is 2. The average Bonchev–Trinajstić information content (AvgIpc) is 2.16. The van der Waals surface area contributed by atoms with Gasteiger partial charge in [0.25, 0.3) is 5.78 Å². The van der Waals surface area contributed by atoms with Crippen LogP contribution >= 0.6 is 0 Å². The van der Waals surface area contributed by atoms with Crippen LogP contribution in [0.2, 0.25) is 0 Å². The molecule has 5 nitrogen and oxygen atoms in total. The van der Waals surface area contributed by atoms with Gasteiger partial charge >= 0.3 is 5.97 Å². The molecular weight excluding hydrogens is 206 g/mol. The van der Waals surface area contributed by atoms with Gasteiger partial charge in [0.1, 0.15) is 11.0 Å². The molecule has 0 amide bonds. The fourth-order valence-corrected chi connectivity index (χ4v) is 1.27. The van der Waals surface area contributed by atoms with Gasteiger partial charge in [-0.05, 0) is 24.3 Å². The van der Waals surface area contributed by atoms with Crippen molar-refractivity contribution in [3.63, 3.8) is 0 Å². The highest BCUT2D eigenvalue weighted by Crippen LogP contribution is 2.07. The van der Waals surface area contributed by atoms with Crippen LogP contribution in [0.1, 0.15) is 10.4 Å². The monoisotopic (exact) mass is 213 g/mol. The van der Waals surface area contributed by atoms with E-state index in [1.165, 1.54) is 24.3 Å². The summed E-state index contributed by atoms with van der Waals surface area (Å²) >= 11 is 0. The second-order valence-corrected chi connectivity index (χ2v) is 3.52. The fourth-order valence-electron chi connectivity index (χ4n) is 0.864. The van der Waals surface area contributed by atoms with Gasteiger partial charge in [-0.2, -0.15) is 0 Å². The number of benzene rings is 1. The molecule has 1 unspecified atom stereocenters. The molecule has 0 aliphatic rings. The third kappa shape index (κ3) is 2.24. The molecule has 1 rings (SSSR count). The van der Waals surface area contributed by atoms with Gasteiger partial charge in [-0.15, -0.1) is 0 Å². The van der Waals surface area contributed by atoms with Crippen LogP contribution in [0.25, 0.3) is 0 Å². The Kier molecular flexibility index (Phi) is 3.10. The third-order valence-electron chi connectivity index (χ3n) is 1.54. The van der Waals surface area contributed by atoms with Crippen LogP contribution in [0.3, 0.4) is 0 Å². The quantitative estimate of drug-likeness (QED) is 0.542. The second kappa shape index (κ2) is 4.12. The lowest BCUT2D eigenvalue weighted by molar-refractivity contribution is -0.131. The zero-order valence-electron chi connectivity index (χ0n) is 6.97. The molecule has 1 aromatic rings. The van der Waals surface area contributed by atoms with E-state index in [1.54, 1.807) is 0 Å². The summed E-state index contributed by atoms with van der Waals surface area (Å²) in [5.74, 6) is -2.52. The molecule has 74 valence electrons. The van der Waals surface area contributed by atoms with Gasteiger partial charge < -0.3 is 5.11 Å². The van der Waals surface area contributed by atoms with Crippen molar-refractivity contribution < 1.29 is 18.9 Å². The summed E-state index contributed by atoms with van der Waals surface area (Å²) in [6, 6.07) is 5.26. The van der Waals surface area contributed by atoms with E-state index in [-0.39, 0.29) is 5.56 Å². The number of ketones is 1. The van der Waals surface area contributed by atoms with Crippen molar-refractivity contribution in [2.45, 2.75) is 4.90 Å². The van der Waals surface area contributed by atoms with Gasteiger partial charge in [0.05, 0.1) is 4.90 Å². The van der Waals surface area contributed by atoms with Crippen LogP contribution in [0.5, 0.6) is 0 Å². The predicted molar refractivity (Wildman–Crippen MR) is 49.0 cm³/mol. The number of hydrogen-bond acceptors (Lipinski definition) is 3. The lowest BCUT2D eigenvalue weighted by Crippen LogP contribution is -2.12. The van der Waals surface area contributed by atoms with Crippen LogP contribution in [0, 0.1) is 0 Å². The maximum absolute atomic E-state index is 10.9. The van der Waals surface area contributed by atoms with E-state index in [9.17, 15) is 13.8 Å². The lowest BCUT2D eigenvalue weighted by atomic mass is 10.1. The minimum atomic E-state index is -1.62. The van der Waals surface area contributed by atoms with Crippen LogP contribution in [0.15, 0.2) is 29.2 Å². The molecule has 0 aromatic heterocycles. The first-order valence-electron chi connectivity index (χ1n) is 3.56. The minimum Gasteiger partial charge on any atom is -0.475 e. The number of rotatable bonds is 3. The van der Waals surface area contributed by atoms with Crippen LogP contribution in [-0.4, -0.2) is 21.1 Å². The topological polar surface area (TPSA) is 97.5 Å². The molecule has 0 aliphatic carbocycles. The summed E-state index contributed by atoms with van der Waals surface area (Å²) in [6.07, 6.45) is 0. The molecule has 0 saturated carbocycles. The molecule has 1 aromatic carbocycles. The number of carboxylic acids is 1. The first kappa shape index (κ1) is 10.6. The van der Waals surface area contributed by atoms with Crippen LogP contribution in [-0.2, 0) is 15.8 Å². The zero-order chi connectivity index (χ0) is 10.7. The number of carbonyl (C=O) groups excluding carboxylic acids is 1. The maximum atomic E-state index is 10.9. The Morgan fingerprint density at radius 3 is 2.07 bits per heavy atom. The van der Waals surface area contributed by atoms with Crippen molar-refractivity contribution in [3.05, 3.63) is 29.8 Å². The molecule has 0 spiro atoms. The molecule has 1 atom stereocenters. The summed E-state index contributed by atoms with van der Waals surface area (Å²) in [5, 5.41) is 13.5. The summed E-state index contributed by atoms with van der Waals surface area (Å²) in [5.41, 5.74) is 0.0340. The van der Waals surface area contributed by atoms with Gasteiger partial charge in [-0.1, -0.05) is 0 Å². The summed E-state index contributed by atoms with van der Waals surface area (Å²) < 4.78 is 10.7. The van der Waals surface area contributed by atoms with Crippen molar-refractivity contribution >= 4 is 22.7 Å². The van der Waals surface area contributed by atoms with E-state index in [2.05, 4.69) is 0 Å². The second-order valence-electron chi connectivity index (χ2n) is 2.46. The average molecular weight is 213 g/mol. The lowest BCUT2D eigenvalue weighted by Gasteiger charge is -1.97. The minimum absolute atomic E-state index is 0.0340. The molecule has 0 saturated heterocycles. The van der Waals surface area contributed by atoms with E-state index in [1.807, 2.05) is 0 Å². The van der Waals surface area contributed by atoms with Crippen LogP contribution < -0.4 is 5.14 Å². The van der Waals surface area contributed by atoms with E-state index in [0.29, 0.717) is 4.90 Å². The molecule has 3 N–H and O–H groups in total. The first-order chi connectivity index (χ1) is 6.52. The molecule has 0 heterocycles. The van der Waals surface area contributed by atoms with E-state index >= 15 is 0 Å². The third-order valence-corrected chi connectivity index (χ3v) is 2.28.